The van der Waals surface area contributed by atoms with Crippen LogP contribution >= 0.6 is 0 Å². The van der Waals surface area contributed by atoms with Gasteiger partial charge in [-0.25, -0.2) is 0 Å². The maximum Gasteiger partial charge on any atom is 0.290 e. The summed E-state index contributed by atoms with van der Waals surface area (Å²) >= 11 is 0. The summed E-state index contributed by atoms with van der Waals surface area (Å²) in [5.74, 6) is 2.04. The number of hydrogen-bond donors (Lipinski definition) is 1. The van der Waals surface area contributed by atoms with Crippen LogP contribution in [0.2, 0.25) is 0 Å². The highest BCUT2D eigenvalue weighted by atomic mass is 16.5. The Labute approximate surface area is 179 Å². The van der Waals surface area contributed by atoms with E-state index in [4.69, 9.17) is 9.26 Å². The molecular weight excluding hydrogens is 378 g/mol. The summed E-state index contributed by atoms with van der Waals surface area (Å²) in [6, 6.07) is 9.49. The standard InChI is InChI=1S/C24H33N3O3/c1-29-21-11-5-9-19(13-21)15-25-24(28)23-14-22(26-30-23)20-10-6-12-27(17-20)16-18-7-3-2-4-8-18/h5,9,11,13-14,18,20H,2-4,6-8,10,12,15-17H2,1H3,(H,25,28)/t20-/m1/s1. The molecule has 0 bridgehead atoms. The molecule has 1 aliphatic carbocycles. The molecule has 1 aromatic heterocycles. The van der Waals surface area contributed by atoms with Crippen LogP contribution in [-0.2, 0) is 6.54 Å². The zero-order valence-electron chi connectivity index (χ0n) is 17.9. The lowest BCUT2D eigenvalue weighted by Gasteiger charge is -2.35. The number of nitrogens with one attached hydrogen (secondary N) is 1. The number of aromatic nitrogens is 1. The van der Waals surface area contributed by atoms with Gasteiger partial charge in [-0.05, 0) is 55.8 Å². The van der Waals surface area contributed by atoms with Crippen molar-refractivity contribution in [3.8, 4) is 5.75 Å². The quantitative estimate of drug-likeness (QED) is 0.733. The minimum absolute atomic E-state index is 0.230. The molecule has 1 saturated heterocycles. The molecule has 6 nitrogen and oxygen atoms in total. The third-order valence-electron chi connectivity index (χ3n) is 6.50. The average Bonchev–Trinajstić information content (AvgIpc) is 3.29. The number of carbonyl (C=O) groups excluding carboxylic acids is 1. The molecule has 1 atom stereocenters. The topological polar surface area (TPSA) is 67.6 Å². The maximum absolute atomic E-state index is 12.5. The summed E-state index contributed by atoms with van der Waals surface area (Å²) in [6.45, 7) is 3.83. The lowest BCUT2D eigenvalue weighted by atomic mass is 9.87. The Morgan fingerprint density at radius 3 is 2.90 bits per heavy atom. The summed E-state index contributed by atoms with van der Waals surface area (Å²) < 4.78 is 10.6. The number of benzene rings is 1. The van der Waals surface area contributed by atoms with Crippen LogP contribution < -0.4 is 10.1 Å². The first-order chi connectivity index (χ1) is 14.7. The van der Waals surface area contributed by atoms with Gasteiger partial charge >= 0.3 is 0 Å². The van der Waals surface area contributed by atoms with Gasteiger partial charge in [0.15, 0.2) is 0 Å². The molecule has 30 heavy (non-hydrogen) atoms. The van der Waals surface area contributed by atoms with Crippen molar-refractivity contribution >= 4 is 5.91 Å². The number of methoxy groups -OCH3 is 1. The summed E-state index contributed by atoms with van der Waals surface area (Å²) in [7, 11) is 1.63. The molecule has 1 saturated carbocycles. The van der Waals surface area contributed by atoms with E-state index in [-0.39, 0.29) is 11.7 Å². The number of hydrogen-bond acceptors (Lipinski definition) is 5. The van der Waals surface area contributed by atoms with Gasteiger partial charge in [0.2, 0.25) is 5.76 Å². The van der Waals surface area contributed by atoms with E-state index in [1.165, 1.54) is 51.6 Å². The average molecular weight is 412 g/mol. The predicted molar refractivity (Wildman–Crippen MR) is 116 cm³/mol. The zero-order chi connectivity index (χ0) is 20.8. The Bertz CT molecular complexity index is 829. The smallest absolute Gasteiger partial charge is 0.290 e. The highest BCUT2D eigenvalue weighted by Crippen LogP contribution is 2.30. The van der Waals surface area contributed by atoms with Gasteiger partial charge in [-0.15, -0.1) is 0 Å². The SMILES string of the molecule is COc1cccc(CNC(=O)c2cc([C@@H]3CCCN(CC4CCCCC4)C3)no2)c1. The Hall–Kier alpha value is -2.34. The molecule has 0 radical (unpaired) electrons. The number of piperidine rings is 1. The molecule has 4 rings (SSSR count). The van der Waals surface area contributed by atoms with Crippen molar-refractivity contribution < 1.29 is 14.1 Å². The normalized spacial score (nSPS) is 20.8. The van der Waals surface area contributed by atoms with Crippen molar-refractivity contribution in [2.45, 2.75) is 57.4 Å². The van der Waals surface area contributed by atoms with Crippen LogP contribution in [0.25, 0.3) is 0 Å². The van der Waals surface area contributed by atoms with Crippen LogP contribution in [0.1, 0.15) is 72.7 Å². The molecule has 1 aromatic carbocycles. The van der Waals surface area contributed by atoms with Crippen LogP contribution in [0.15, 0.2) is 34.9 Å². The van der Waals surface area contributed by atoms with Gasteiger partial charge in [0.05, 0.1) is 12.8 Å². The molecule has 2 aliphatic rings. The third kappa shape index (κ3) is 5.42. The van der Waals surface area contributed by atoms with Gasteiger partial charge in [0.25, 0.3) is 5.91 Å². The highest BCUT2D eigenvalue weighted by molar-refractivity contribution is 5.91. The number of amides is 1. The monoisotopic (exact) mass is 411 g/mol. The Morgan fingerprint density at radius 2 is 2.07 bits per heavy atom. The Morgan fingerprint density at radius 1 is 1.20 bits per heavy atom. The number of carbonyl (C=O) groups is 1. The highest BCUT2D eigenvalue weighted by Gasteiger charge is 2.27. The molecule has 0 unspecified atom stereocenters. The van der Waals surface area contributed by atoms with Gasteiger partial charge in [0.1, 0.15) is 5.75 Å². The first kappa shape index (κ1) is 20.9. The number of likely N-dealkylation sites (tertiary alicyclic amines) is 1. The Kier molecular flexibility index (Phi) is 7.05. The Balaban J connectivity index is 1.30. The van der Waals surface area contributed by atoms with Crippen molar-refractivity contribution in [1.29, 1.82) is 0 Å². The molecule has 1 amide bonds. The molecule has 2 heterocycles. The van der Waals surface area contributed by atoms with Gasteiger partial charge < -0.3 is 19.5 Å². The van der Waals surface area contributed by atoms with E-state index in [2.05, 4.69) is 15.4 Å². The fraction of sp³-hybridized carbons (Fsp3) is 0.583. The van der Waals surface area contributed by atoms with Crippen LogP contribution in [0.5, 0.6) is 5.75 Å². The minimum atomic E-state index is -0.230. The second-order valence-electron chi connectivity index (χ2n) is 8.75. The van der Waals surface area contributed by atoms with Crippen LogP contribution in [-0.4, -0.2) is 42.7 Å². The first-order valence-corrected chi connectivity index (χ1v) is 11.3. The van der Waals surface area contributed by atoms with E-state index >= 15 is 0 Å². The zero-order valence-corrected chi connectivity index (χ0v) is 17.9. The minimum Gasteiger partial charge on any atom is -0.497 e. The van der Waals surface area contributed by atoms with Crippen LogP contribution in [0.4, 0.5) is 0 Å². The van der Waals surface area contributed by atoms with Crippen LogP contribution in [0.3, 0.4) is 0 Å². The molecule has 1 aliphatic heterocycles. The fourth-order valence-electron chi connectivity index (χ4n) is 4.84. The summed E-state index contributed by atoms with van der Waals surface area (Å²) in [4.78, 5) is 15.1. The number of rotatable bonds is 7. The number of ether oxygens (including phenoxy) is 1. The molecule has 162 valence electrons. The molecule has 2 aromatic rings. The summed E-state index contributed by atoms with van der Waals surface area (Å²) in [6.07, 6.45) is 9.23. The first-order valence-electron chi connectivity index (χ1n) is 11.3. The third-order valence-corrected chi connectivity index (χ3v) is 6.50. The van der Waals surface area contributed by atoms with Crippen molar-refractivity contribution in [1.82, 2.24) is 15.4 Å². The second-order valence-corrected chi connectivity index (χ2v) is 8.75. The fourth-order valence-corrected chi connectivity index (χ4v) is 4.84. The van der Waals surface area contributed by atoms with E-state index in [0.29, 0.717) is 12.5 Å². The van der Waals surface area contributed by atoms with E-state index < -0.39 is 0 Å². The maximum atomic E-state index is 12.5. The van der Waals surface area contributed by atoms with Crippen molar-refractivity contribution in [3.63, 3.8) is 0 Å². The van der Waals surface area contributed by atoms with E-state index in [1.807, 2.05) is 30.3 Å². The van der Waals surface area contributed by atoms with Crippen molar-refractivity contribution in [2.24, 2.45) is 5.92 Å². The van der Waals surface area contributed by atoms with Gasteiger partial charge in [0, 0.05) is 31.6 Å². The summed E-state index contributed by atoms with van der Waals surface area (Å²) in [5, 5.41) is 7.15. The molecule has 6 heteroatoms. The van der Waals surface area contributed by atoms with Crippen LogP contribution in [0, 0.1) is 5.92 Å². The van der Waals surface area contributed by atoms with Crippen molar-refractivity contribution in [3.05, 3.63) is 47.3 Å². The van der Waals surface area contributed by atoms with Gasteiger partial charge in [-0.2, -0.15) is 0 Å². The largest absolute Gasteiger partial charge is 0.497 e. The lowest BCUT2D eigenvalue weighted by Crippen LogP contribution is -2.38. The lowest BCUT2D eigenvalue weighted by molar-refractivity contribution is 0.0913. The van der Waals surface area contributed by atoms with E-state index in [9.17, 15) is 4.79 Å². The molecular formula is C24H33N3O3. The predicted octanol–water partition coefficient (Wildman–Crippen LogP) is 4.37. The molecule has 0 spiro atoms. The van der Waals surface area contributed by atoms with Crippen molar-refractivity contribution in [2.75, 3.05) is 26.7 Å². The molecule has 1 N–H and O–H groups in total. The van der Waals surface area contributed by atoms with Gasteiger partial charge in [-0.1, -0.05) is 36.6 Å². The second kappa shape index (κ2) is 10.1. The summed E-state index contributed by atoms with van der Waals surface area (Å²) in [5.41, 5.74) is 1.89. The molecule has 2 fully saturated rings. The van der Waals surface area contributed by atoms with Gasteiger partial charge in [-0.3, -0.25) is 4.79 Å². The van der Waals surface area contributed by atoms with E-state index in [1.54, 1.807) is 7.11 Å². The number of nitrogens with zero attached hydrogens (tertiary/aromatic N) is 2. The van der Waals surface area contributed by atoms with E-state index in [0.717, 1.165) is 35.9 Å².